The molecule has 2 aliphatic rings. The molecule has 0 bridgehead atoms. The molecule has 1 amide bonds. The Balaban J connectivity index is 2.23. The van der Waals surface area contributed by atoms with Gasteiger partial charge in [-0.1, -0.05) is 53.0 Å². The lowest BCUT2D eigenvalue weighted by atomic mass is 9.94. The lowest BCUT2D eigenvalue weighted by Gasteiger charge is -2.48. The van der Waals surface area contributed by atoms with Crippen LogP contribution in [0.25, 0.3) is 0 Å². The van der Waals surface area contributed by atoms with Crippen LogP contribution in [0.3, 0.4) is 0 Å². The van der Waals surface area contributed by atoms with Gasteiger partial charge in [-0.15, -0.1) is 0 Å². The van der Waals surface area contributed by atoms with Gasteiger partial charge in [0.15, 0.2) is 36.8 Å². The lowest BCUT2D eigenvalue weighted by molar-refractivity contribution is -0.340. The maximum Gasteiger partial charge on any atom is 0.339 e. The van der Waals surface area contributed by atoms with Crippen molar-refractivity contribution < 1.29 is 85.7 Å². The molecule has 2 aliphatic heterocycles. The zero-order chi connectivity index (χ0) is 40.5. The van der Waals surface area contributed by atoms with Gasteiger partial charge in [0, 0.05) is 34.6 Å². The second-order valence-electron chi connectivity index (χ2n) is 11.5. The molecule has 0 radical (unpaired) electrons. The molecule has 0 aromatic heterocycles. The second kappa shape index (κ2) is 19.4. The van der Waals surface area contributed by atoms with E-state index in [0.717, 1.165) is 41.7 Å². The summed E-state index contributed by atoms with van der Waals surface area (Å²) in [7, 11) is 0.952. The van der Waals surface area contributed by atoms with Crippen LogP contribution >= 0.6 is 34.8 Å². The number of amides is 1. The topological polar surface area (TPSA) is 241 Å². The van der Waals surface area contributed by atoms with E-state index in [1.54, 1.807) is 18.2 Å². The molecule has 19 nitrogen and oxygen atoms in total. The molecular formula is C32H36Cl3NO18. The SMILES string of the molecule is COC(=O)[C@H]1O[C@@H](O[C@@H]2[C@@H](NC(=O)C(Cl)(Cl)Cl)[C@@H](OC(C)=O)O[C@H](COC(=O)c3ccccc3)[C@H]2OC(C)=O)[C@H](OC(C)=O)[C@@H](OC(C)=O)[C@@H]1OC(C)=O. The predicted octanol–water partition coefficient (Wildman–Crippen LogP) is 0.996. The van der Waals surface area contributed by atoms with Crippen molar-refractivity contribution in [2.24, 2.45) is 0 Å². The average Bonchev–Trinajstić information content (AvgIpc) is 3.07. The van der Waals surface area contributed by atoms with Gasteiger partial charge in [0.1, 0.15) is 24.9 Å². The van der Waals surface area contributed by atoms with Crippen molar-refractivity contribution in [1.82, 2.24) is 5.32 Å². The maximum absolute atomic E-state index is 13.1. The third-order valence-corrected chi connectivity index (χ3v) is 7.81. The van der Waals surface area contributed by atoms with Crippen LogP contribution in [0.2, 0.25) is 0 Å². The molecule has 2 fully saturated rings. The highest BCUT2D eigenvalue weighted by atomic mass is 35.6. The largest absolute Gasteiger partial charge is 0.467 e. The maximum atomic E-state index is 13.1. The van der Waals surface area contributed by atoms with E-state index in [2.05, 4.69) is 5.32 Å². The van der Waals surface area contributed by atoms with Crippen LogP contribution in [-0.2, 0) is 80.9 Å². The first-order valence-corrected chi connectivity index (χ1v) is 16.9. The van der Waals surface area contributed by atoms with Crippen LogP contribution in [0.1, 0.15) is 45.0 Å². The van der Waals surface area contributed by atoms with E-state index in [1.807, 2.05) is 0 Å². The van der Waals surface area contributed by atoms with Crippen molar-refractivity contribution in [3.63, 3.8) is 0 Å². The van der Waals surface area contributed by atoms with Gasteiger partial charge in [-0.3, -0.25) is 28.8 Å². The van der Waals surface area contributed by atoms with Gasteiger partial charge in [0.25, 0.3) is 9.70 Å². The Kier molecular flexibility index (Phi) is 15.8. The third-order valence-electron chi connectivity index (χ3n) is 7.30. The Morgan fingerprint density at radius 1 is 0.667 bits per heavy atom. The van der Waals surface area contributed by atoms with E-state index in [4.69, 9.17) is 82.2 Å². The van der Waals surface area contributed by atoms with E-state index in [0.29, 0.717) is 0 Å². The molecule has 22 heteroatoms. The number of hydrogen-bond donors (Lipinski definition) is 1. The average molecular weight is 829 g/mol. The first kappa shape index (κ1) is 44.1. The van der Waals surface area contributed by atoms with Gasteiger partial charge in [-0.2, -0.15) is 0 Å². The zero-order valence-corrected chi connectivity index (χ0v) is 31.6. The molecule has 1 aromatic rings. The van der Waals surface area contributed by atoms with Crippen LogP contribution in [0.4, 0.5) is 0 Å². The van der Waals surface area contributed by atoms with Crippen LogP contribution in [-0.4, -0.2) is 127 Å². The fourth-order valence-electron chi connectivity index (χ4n) is 5.34. The number of ether oxygens (including phenoxy) is 10. The third kappa shape index (κ3) is 12.1. The summed E-state index contributed by atoms with van der Waals surface area (Å²) in [5, 5.41) is 2.28. The quantitative estimate of drug-likeness (QED) is 0.176. The van der Waals surface area contributed by atoms with E-state index in [-0.39, 0.29) is 5.56 Å². The Bertz CT molecular complexity index is 1570. The molecule has 0 aliphatic carbocycles. The van der Waals surface area contributed by atoms with Gasteiger partial charge in [0.2, 0.25) is 6.29 Å². The number of methoxy groups -OCH3 is 1. The predicted molar refractivity (Wildman–Crippen MR) is 177 cm³/mol. The minimum atomic E-state index is -2.67. The van der Waals surface area contributed by atoms with E-state index in [1.165, 1.54) is 12.1 Å². The number of hydrogen-bond acceptors (Lipinski definition) is 18. The molecule has 2 heterocycles. The van der Waals surface area contributed by atoms with Crippen LogP contribution in [0.15, 0.2) is 30.3 Å². The molecule has 298 valence electrons. The van der Waals surface area contributed by atoms with Gasteiger partial charge in [-0.05, 0) is 12.1 Å². The van der Waals surface area contributed by atoms with Crippen molar-refractivity contribution in [3.8, 4) is 0 Å². The summed E-state index contributed by atoms with van der Waals surface area (Å²) in [5.41, 5.74) is 0.113. The highest BCUT2D eigenvalue weighted by molar-refractivity contribution is 6.76. The Hall–Kier alpha value is -4.27. The number of carbonyl (C=O) groups is 8. The summed E-state index contributed by atoms with van der Waals surface area (Å²) in [6.07, 6.45) is -16.7. The van der Waals surface area contributed by atoms with Gasteiger partial charge in [-0.25, -0.2) is 9.59 Å². The Morgan fingerprint density at radius 3 is 1.70 bits per heavy atom. The number of halogens is 3. The molecule has 0 saturated carbocycles. The van der Waals surface area contributed by atoms with Gasteiger partial charge in [0.05, 0.1) is 12.7 Å². The number of benzene rings is 1. The van der Waals surface area contributed by atoms with Crippen LogP contribution in [0, 0.1) is 0 Å². The summed E-state index contributed by atoms with van der Waals surface area (Å²) in [6, 6.07) is 5.84. The summed E-state index contributed by atoms with van der Waals surface area (Å²) >= 11 is 17.5. The number of esters is 7. The standard InChI is InChI=1S/C32H36Cl3NO18/c1-13(37)47-21-19(12-46-27(42)18-10-8-7-9-11-18)52-29(51-17(5)41)20(36-31(44)32(33,34)35)22(21)53-30-26(50-16(4)40)24(49-15(3)39)23(48-14(2)38)25(54-30)28(43)45-6/h7-11,19-26,29-30H,12H2,1-6H3,(H,36,44)/t19-,20-,21-,22-,23+,24+,25+,26-,29+,30-/m1/s1. The molecule has 3 rings (SSSR count). The summed E-state index contributed by atoms with van der Waals surface area (Å²) in [4.78, 5) is 101. The molecular weight excluding hydrogens is 793 g/mol. The van der Waals surface area contributed by atoms with E-state index < -0.39 is 119 Å². The fraction of sp³-hybridized carbons (Fsp3) is 0.562. The van der Waals surface area contributed by atoms with Crippen molar-refractivity contribution in [2.75, 3.05) is 13.7 Å². The Morgan fingerprint density at radius 2 is 1.19 bits per heavy atom. The minimum absolute atomic E-state index is 0.113. The van der Waals surface area contributed by atoms with Crippen LogP contribution < -0.4 is 5.32 Å². The number of alkyl halides is 3. The fourth-order valence-corrected chi connectivity index (χ4v) is 5.51. The smallest absolute Gasteiger partial charge is 0.339 e. The summed E-state index contributed by atoms with van der Waals surface area (Å²) in [6.45, 7) is 4.09. The van der Waals surface area contributed by atoms with E-state index >= 15 is 0 Å². The number of carbonyl (C=O) groups excluding carboxylic acids is 8. The number of rotatable bonds is 12. The minimum Gasteiger partial charge on any atom is -0.467 e. The zero-order valence-electron chi connectivity index (χ0n) is 29.3. The molecule has 0 spiro atoms. The molecule has 1 aromatic carbocycles. The summed E-state index contributed by atoms with van der Waals surface area (Å²) < 4.78 is 52.5. The molecule has 10 atom stereocenters. The van der Waals surface area contributed by atoms with Crippen molar-refractivity contribution in [3.05, 3.63) is 35.9 Å². The highest BCUT2D eigenvalue weighted by Crippen LogP contribution is 2.36. The first-order chi connectivity index (χ1) is 25.2. The summed E-state index contributed by atoms with van der Waals surface area (Å²) in [5.74, 6) is -8.40. The molecule has 2 saturated heterocycles. The van der Waals surface area contributed by atoms with Gasteiger partial charge < -0.3 is 52.7 Å². The molecule has 0 unspecified atom stereocenters. The van der Waals surface area contributed by atoms with Crippen molar-refractivity contribution in [1.29, 1.82) is 0 Å². The van der Waals surface area contributed by atoms with Crippen molar-refractivity contribution in [2.45, 2.75) is 99.8 Å². The van der Waals surface area contributed by atoms with Crippen molar-refractivity contribution >= 4 is 82.5 Å². The number of nitrogens with one attached hydrogen (secondary N) is 1. The first-order valence-electron chi connectivity index (χ1n) is 15.7. The van der Waals surface area contributed by atoms with E-state index in [9.17, 15) is 38.4 Å². The van der Waals surface area contributed by atoms with Crippen LogP contribution in [0.5, 0.6) is 0 Å². The molecule has 1 N–H and O–H groups in total. The lowest BCUT2D eigenvalue weighted by Crippen LogP contribution is -2.70. The highest BCUT2D eigenvalue weighted by Gasteiger charge is 2.59. The van der Waals surface area contributed by atoms with Gasteiger partial charge >= 0.3 is 41.8 Å². The Labute approximate surface area is 322 Å². The second-order valence-corrected chi connectivity index (χ2v) is 13.7. The normalized spacial score (nSPS) is 27.9. The molecule has 54 heavy (non-hydrogen) atoms. The monoisotopic (exact) mass is 827 g/mol.